The molecule has 0 fully saturated rings. The van der Waals surface area contributed by atoms with E-state index in [4.69, 9.17) is 4.98 Å². The number of imidazole rings is 1. The molecule has 6 nitrogen and oxygen atoms in total. The van der Waals surface area contributed by atoms with Gasteiger partial charge in [0.25, 0.3) is 0 Å². The number of halogens is 1. The SMILES string of the molecule is C=C/C=C(/c1ccccn1)c1nc(-c2n[nH]c3ccc(-c4cccnc4)c(F)c23)[nH]c1C. The first-order valence-electron chi connectivity index (χ1n) is 10.1. The minimum atomic E-state index is -0.374. The van der Waals surface area contributed by atoms with E-state index in [0.29, 0.717) is 39.2 Å². The van der Waals surface area contributed by atoms with Gasteiger partial charge in [0.15, 0.2) is 5.82 Å². The highest BCUT2D eigenvalue weighted by Crippen LogP contribution is 2.34. The van der Waals surface area contributed by atoms with Crippen LogP contribution in [0, 0.1) is 12.7 Å². The summed E-state index contributed by atoms with van der Waals surface area (Å²) in [5, 5.41) is 7.65. The number of aromatic amines is 2. The Morgan fingerprint density at radius 1 is 1.09 bits per heavy atom. The van der Waals surface area contributed by atoms with Crippen molar-refractivity contribution in [1.82, 2.24) is 30.1 Å². The largest absolute Gasteiger partial charge is 0.340 e. The zero-order valence-electron chi connectivity index (χ0n) is 17.3. The van der Waals surface area contributed by atoms with Crippen LogP contribution in [0.1, 0.15) is 17.1 Å². The molecule has 5 aromatic rings. The fourth-order valence-corrected chi connectivity index (χ4v) is 3.75. The average molecular weight is 422 g/mol. The highest BCUT2D eigenvalue weighted by molar-refractivity contribution is 5.95. The molecule has 0 amide bonds. The number of fused-ring (bicyclic) bond motifs is 1. The Morgan fingerprint density at radius 2 is 2.00 bits per heavy atom. The maximum Gasteiger partial charge on any atom is 0.159 e. The first-order chi connectivity index (χ1) is 15.7. The topological polar surface area (TPSA) is 83.1 Å². The number of hydrogen-bond acceptors (Lipinski definition) is 4. The third-order valence-electron chi connectivity index (χ3n) is 5.23. The summed E-state index contributed by atoms with van der Waals surface area (Å²) in [5.74, 6) is 0.0957. The fourth-order valence-electron chi connectivity index (χ4n) is 3.75. The Bertz CT molecular complexity index is 1450. The minimum Gasteiger partial charge on any atom is -0.340 e. The lowest BCUT2D eigenvalue weighted by molar-refractivity contribution is 0.643. The lowest BCUT2D eigenvalue weighted by atomic mass is 10.0. The summed E-state index contributed by atoms with van der Waals surface area (Å²) >= 11 is 0. The van der Waals surface area contributed by atoms with Crippen LogP contribution >= 0.6 is 0 Å². The molecule has 0 radical (unpaired) electrons. The van der Waals surface area contributed by atoms with Gasteiger partial charge in [-0.3, -0.25) is 15.1 Å². The maximum atomic E-state index is 15.6. The molecule has 0 aliphatic rings. The molecule has 0 spiro atoms. The number of benzene rings is 1. The molecule has 0 aliphatic heterocycles. The second kappa shape index (κ2) is 8.03. The lowest BCUT2D eigenvalue weighted by Gasteiger charge is -2.05. The summed E-state index contributed by atoms with van der Waals surface area (Å²) in [6.45, 7) is 5.73. The van der Waals surface area contributed by atoms with E-state index < -0.39 is 0 Å². The molecular formula is C25H19FN6. The van der Waals surface area contributed by atoms with Crippen LogP contribution in [0.5, 0.6) is 0 Å². The standard InChI is InChI=1S/C25H19FN6/c1-3-7-18(19-9-4-5-13-28-19)23-15(2)29-25(30-23)24-21-20(31-32-24)11-10-17(22(21)26)16-8-6-12-27-14-16/h3-14H,1H2,2H3,(H,29,30)(H,31,32)/b18-7-. The van der Waals surface area contributed by atoms with Crippen LogP contribution in [-0.4, -0.2) is 30.1 Å². The summed E-state index contributed by atoms with van der Waals surface area (Å²) in [6.07, 6.45) is 8.58. The van der Waals surface area contributed by atoms with Crippen LogP contribution in [0.15, 0.2) is 79.8 Å². The Hall–Kier alpha value is -4.39. The van der Waals surface area contributed by atoms with Crippen LogP contribution < -0.4 is 0 Å². The summed E-state index contributed by atoms with van der Waals surface area (Å²) < 4.78 is 15.6. The second-order valence-corrected chi connectivity index (χ2v) is 7.25. The van der Waals surface area contributed by atoms with Gasteiger partial charge in [-0.05, 0) is 37.3 Å². The van der Waals surface area contributed by atoms with Crippen LogP contribution in [0.2, 0.25) is 0 Å². The van der Waals surface area contributed by atoms with Crippen molar-refractivity contribution >= 4 is 16.5 Å². The fraction of sp³-hybridized carbons (Fsp3) is 0.0400. The molecule has 2 N–H and O–H groups in total. The van der Waals surface area contributed by atoms with Gasteiger partial charge in [-0.25, -0.2) is 9.37 Å². The van der Waals surface area contributed by atoms with Gasteiger partial charge in [-0.15, -0.1) is 0 Å². The first kappa shape index (κ1) is 19.6. The predicted molar refractivity (Wildman–Crippen MR) is 123 cm³/mol. The molecule has 4 aromatic heterocycles. The highest BCUT2D eigenvalue weighted by Gasteiger charge is 2.21. The Kier molecular flexibility index (Phi) is 4.91. The van der Waals surface area contributed by atoms with Gasteiger partial charge in [0.05, 0.1) is 22.3 Å². The molecule has 0 bridgehead atoms. The van der Waals surface area contributed by atoms with Gasteiger partial charge in [0.2, 0.25) is 0 Å². The second-order valence-electron chi connectivity index (χ2n) is 7.25. The number of nitrogens with zero attached hydrogens (tertiary/aromatic N) is 4. The molecule has 0 saturated carbocycles. The summed E-state index contributed by atoms with van der Waals surface area (Å²) in [6, 6.07) is 12.8. The summed E-state index contributed by atoms with van der Waals surface area (Å²) in [4.78, 5) is 16.6. The predicted octanol–water partition coefficient (Wildman–Crippen LogP) is 5.48. The number of aromatic nitrogens is 6. The molecular weight excluding hydrogens is 403 g/mol. The molecule has 4 heterocycles. The number of pyridine rings is 2. The number of allylic oxidation sites excluding steroid dienone is 2. The Balaban J connectivity index is 1.66. The van der Waals surface area contributed by atoms with Crippen molar-refractivity contribution in [2.75, 3.05) is 0 Å². The van der Waals surface area contributed by atoms with Gasteiger partial charge in [0.1, 0.15) is 11.5 Å². The summed E-state index contributed by atoms with van der Waals surface area (Å²) in [5.41, 5.74) is 5.27. The van der Waals surface area contributed by atoms with Crippen molar-refractivity contribution < 1.29 is 4.39 Å². The monoisotopic (exact) mass is 422 g/mol. The van der Waals surface area contributed by atoms with Crippen LogP contribution in [-0.2, 0) is 0 Å². The Morgan fingerprint density at radius 3 is 2.75 bits per heavy atom. The molecule has 7 heteroatoms. The van der Waals surface area contributed by atoms with E-state index in [-0.39, 0.29) is 5.82 Å². The smallest absolute Gasteiger partial charge is 0.159 e. The van der Waals surface area contributed by atoms with E-state index in [1.165, 1.54) is 0 Å². The van der Waals surface area contributed by atoms with Crippen LogP contribution in [0.25, 0.3) is 39.1 Å². The molecule has 0 unspecified atom stereocenters. The minimum absolute atomic E-state index is 0.374. The van der Waals surface area contributed by atoms with E-state index in [1.807, 2.05) is 43.3 Å². The lowest BCUT2D eigenvalue weighted by Crippen LogP contribution is -1.93. The van der Waals surface area contributed by atoms with Gasteiger partial charge in [-0.1, -0.05) is 30.9 Å². The van der Waals surface area contributed by atoms with Crippen LogP contribution in [0.4, 0.5) is 4.39 Å². The number of rotatable bonds is 5. The van der Waals surface area contributed by atoms with Crippen molar-refractivity contribution in [2.24, 2.45) is 0 Å². The molecule has 5 rings (SSSR count). The zero-order valence-corrected chi connectivity index (χ0v) is 17.3. The van der Waals surface area contributed by atoms with Gasteiger partial charge in [-0.2, -0.15) is 5.10 Å². The molecule has 32 heavy (non-hydrogen) atoms. The van der Waals surface area contributed by atoms with E-state index in [1.54, 1.807) is 36.8 Å². The molecule has 0 atom stereocenters. The van der Waals surface area contributed by atoms with Crippen LogP contribution in [0.3, 0.4) is 0 Å². The van der Waals surface area contributed by atoms with Crippen molar-refractivity contribution in [3.63, 3.8) is 0 Å². The highest BCUT2D eigenvalue weighted by atomic mass is 19.1. The molecule has 1 aromatic carbocycles. The summed E-state index contributed by atoms with van der Waals surface area (Å²) in [7, 11) is 0. The van der Waals surface area contributed by atoms with E-state index in [0.717, 1.165) is 17.0 Å². The van der Waals surface area contributed by atoms with Gasteiger partial charge >= 0.3 is 0 Å². The quantitative estimate of drug-likeness (QED) is 0.368. The molecule has 0 saturated heterocycles. The molecule has 156 valence electrons. The van der Waals surface area contributed by atoms with Crippen molar-refractivity contribution in [1.29, 1.82) is 0 Å². The van der Waals surface area contributed by atoms with Gasteiger partial charge in [0, 0.05) is 41.0 Å². The van der Waals surface area contributed by atoms with Crippen molar-refractivity contribution in [2.45, 2.75) is 6.92 Å². The number of H-pyrrole nitrogens is 2. The van der Waals surface area contributed by atoms with E-state index >= 15 is 4.39 Å². The average Bonchev–Trinajstić information content (AvgIpc) is 3.43. The zero-order chi connectivity index (χ0) is 22.1. The number of hydrogen-bond donors (Lipinski definition) is 2. The number of nitrogens with one attached hydrogen (secondary N) is 2. The maximum absolute atomic E-state index is 15.6. The third-order valence-corrected chi connectivity index (χ3v) is 5.23. The van der Waals surface area contributed by atoms with Crippen molar-refractivity contribution in [3.8, 4) is 22.6 Å². The van der Waals surface area contributed by atoms with E-state index in [2.05, 4.69) is 31.7 Å². The molecule has 0 aliphatic carbocycles. The third kappa shape index (κ3) is 3.30. The van der Waals surface area contributed by atoms with E-state index in [9.17, 15) is 0 Å². The normalized spacial score (nSPS) is 11.8. The van der Waals surface area contributed by atoms with Gasteiger partial charge < -0.3 is 4.98 Å². The number of aryl methyl sites for hydroxylation is 1. The van der Waals surface area contributed by atoms with Crippen molar-refractivity contribution in [3.05, 3.63) is 103 Å². The Labute approximate surface area is 183 Å². The first-order valence-corrected chi connectivity index (χ1v) is 10.1.